The van der Waals surface area contributed by atoms with Crippen molar-refractivity contribution in [3.05, 3.63) is 71.3 Å². The minimum Gasteiger partial charge on any atom is -0.366 e. The van der Waals surface area contributed by atoms with Crippen molar-refractivity contribution >= 4 is 23.1 Å². The van der Waals surface area contributed by atoms with Crippen LogP contribution in [0.4, 0.5) is 5.69 Å². The molecule has 98 valence electrons. The minimum absolute atomic E-state index is 0.194. The number of fused-ring (bicyclic) bond motifs is 2. The van der Waals surface area contributed by atoms with Gasteiger partial charge in [-0.25, -0.2) is 0 Å². The third kappa shape index (κ3) is 1.97. The Morgan fingerprint density at radius 1 is 0.950 bits per heavy atom. The fraction of sp³-hybridized carbons (Fsp3) is 0. The van der Waals surface area contributed by atoms with Crippen LogP contribution in [0.2, 0.25) is 0 Å². The monoisotopic (exact) mass is 264 g/mol. The number of nitrogens with two attached hydrogens (primary N) is 1. The maximum Gasteiger partial charge on any atom is 0.256 e. The molecule has 0 radical (unpaired) electrons. The average Bonchev–Trinajstić information content (AvgIpc) is 2.55. The fourth-order valence-corrected chi connectivity index (χ4v) is 2.38. The molecule has 1 heterocycles. The van der Waals surface area contributed by atoms with E-state index < -0.39 is 5.91 Å². The highest BCUT2D eigenvalue weighted by Gasteiger charge is 2.22. The zero-order chi connectivity index (χ0) is 14.1. The van der Waals surface area contributed by atoms with Gasteiger partial charge in [0.25, 0.3) is 5.91 Å². The Balaban J connectivity index is 2.35. The molecule has 0 atom stereocenters. The van der Waals surface area contributed by atoms with Crippen LogP contribution in [-0.2, 0) is 4.79 Å². The molecular formula is C16H12N2O2. The second-order valence-corrected chi connectivity index (χ2v) is 4.51. The van der Waals surface area contributed by atoms with E-state index in [9.17, 15) is 9.59 Å². The number of amides is 2. The van der Waals surface area contributed by atoms with Gasteiger partial charge in [-0.05, 0) is 23.3 Å². The maximum atomic E-state index is 12.2. The van der Waals surface area contributed by atoms with Crippen LogP contribution in [-0.4, -0.2) is 11.8 Å². The van der Waals surface area contributed by atoms with Crippen LogP contribution >= 0.6 is 0 Å². The van der Waals surface area contributed by atoms with Crippen LogP contribution < -0.4 is 11.1 Å². The molecule has 0 fully saturated rings. The van der Waals surface area contributed by atoms with E-state index in [0.717, 1.165) is 5.56 Å². The lowest BCUT2D eigenvalue weighted by atomic mass is 9.94. The summed E-state index contributed by atoms with van der Waals surface area (Å²) in [6.45, 7) is 0. The molecule has 4 nitrogen and oxygen atoms in total. The van der Waals surface area contributed by atoms with Gasteiger partial charge in [0.2, 0.25) is 5.91 Å². The Hall–Kier alpha value is -2.88. The molecule has 2 aromatic carbocycles. The van der Waals surface area contributed by atoms with Crippen molar-refractivity contribution in [3.63, 3.8) is 0 Å². The molecule has 0 spiro atoms. The van der Waals surface area contributed by atoms with E-state index in [-0.39, 0.29) is 5.91 Å². The lowest BCUT2D eigenvalue weighted by Crippen LogP contribution is -2.11. The van der Waals surface area contributed by atoms with E-state index in [1.54, 1.807) is 18.2 Å². The van der Waals surface area contributed by atoms with E-state index in [1.165, 1.54) is 6.08 Å². The molecule has 3 N–H and O–H groups in total. The molecule has 0 saturated heterocycles. The van der Waals surface area contributed by atoms with Gasteiger partial charge in [0.05, 0.1) is 0 Å². The Morgan fingerprint density at radius 3 is 2.25 bits per heavy atom. The molecule has 0 unspecified atom stereocenters. The van der Waals surface area contributed by atoms with E-state index in [0.29, 0.717) is 22.4 Å². The van der Waals surface area contributed by atoms with Gasteiger partial charge in [-0.3, -0.25) is 9.59 Å². The van der Waals surface area contributed by atoms with Gasteiger partial charge in [0.1, 0.15) is 0 Å². The number of anilines is 1. The normalized spacial score (nSPS) is 15.0. The Kier molecular flexibility index (Phi) is 2.84. The number of para-hydroxylation sites is 1. The summed E-state index contributed by atoms with van der Waals surface area (Å²) >= 11 is 0. The smallest absolute Gasteiger partial charge is 0.256 e. The van der Waals surface area contributed by atoms with Crippen LogP contribution in [0, 0.1) is 0 Å². The fourth-order valence-electron chi connectivity index (χ4n) is 2.38. The van der Waals surface area contributed by atoms with E-state index in [1.807, 2.05) is 30.3 Å². The molecule has 0 bridgehead atoms. The quantitative estimate of drug-likeness (QED) is 0.775. The van der Waals surface area contributed by atoms with Crippen LogP contribution in [0.1, 0.15) is 21.5 Å². The number of carbonyl (C=O) groups excluding carboxylic acids is 2. The first-order chi connectivity index (χ1) is 9.66. The number of rotatable bonds is 1. The van der Waals surface area contributed by atoms with Gasteiger partial charge < -0.3 is 11.1 Å². The van der Waals surface area contributed by atoms with Crippen molar-refractivity contribution in [1.29, 1.82) is 0 Å². The molecule has 0 aromatic heterocycles. The second kappa shape index (κ2) is 4.66. The van der Waals surface area contributed by atoms with Crippen molar-refractivity contribution < 1.29 is 9.59 Å². The van der Waals surface area contributed by atoms with Gasteiger partial charge in [0, 0.05) is 22.9 Å². The van der Waals surface area contributed by atoms with Crippen LogP contribution in [0.5, 0.6) is 0 Å². The van der Waals surface area contributed by atoms with Gasteiger partial charge in [-0.1, -0.05) is 36.4 Å². The highest BCUT2D eigenvalue weighted by Crippen LogP contribution is 2.34. The first kappa shape index (κ1) is 12.2. The molecule has 0 aliphatic carbocycles. The predicted molar refractivity (Wildman–Crippen MR) is 77.1 cm³/mol. The number of hydrogen-bond donors (Lipinski definition) is 2. The summed E-state index contributed by atoms with van der Waals surface area (Å²) in [5.74, 6) is -0.736. The third-order valence-corrected chi connectivity index (χ3v) is 3.21. The summed E-state index contributed by atoms with van der Waals surface area (Å²) in [6, 6.07) is 14.5. The van der Waals surface area contributed by atoms with Crippen LogP contribution in [0.25, 0.3) is 5.57 Å². The first-order valence-electron chi connectivity index (χ1n) is 6.18. The molecule has 2 amide bonds. The van der Waals surface area contributed by atoms with Crippen molar-refractivity contribution in [2.24, 2.45) is 5.73 Å². The van der Waals surface area contributed by atoms with Crippen molar-refractivity contribution in [1.82, 2.24) is 0 Å². The molecule has 20 heavy (non-hydrogen) atoms. The molecule has 4 heteroatoms. The summed E-state index contributed by atoms with van der Waals surface area (Å²) in [5, 5.41) is 2.85. The number of nitrogens with one attached hydrogen (secondary N) is 1. The highest BCUT2D eigenvalue weighted by atomic mass is 16.2. The summed E-state index contributed by atoms with van der Waals surface area (Å²) in [6.07, 6.45) is 1.36. The Morgan fingerprint density at radius 2 is 1.55 bits per heavy atom. The largest absolute Gasteiger partial charge is 0.366 e. The molecule has 1 aliphatic rings. The lowest BCUT2D eigenvalue weighted by Gasteiger charge is -2.09. The van der Waals surface area contributed by atoms with E-state index in [2.05, 4.69) is 5.32 Å². The lowest BCUT2D eigenvalue weighted by molar-refractivity contribution is -0.113. The zero-order valence-electron chi connectivity index (χ0n) is 10.6. The SMILES string of the molecule is NC(=O)C=C1c2ccccc2NC(=O)c2ccccc21. The standard InChI is InChI=1S/C16H12N2O2/c17-15(19)9-13-10-5-1-2-7-12(10)16(20)18-14-8-4-3-6-11(13)14/h1-9H,(H2,17,19)(H,18,20). The van der Waals surface area contributed by atoms with Gasteiger partial charge in [-0.2, -0.15) is 0 Å². The highest BCUT2D eigenvalue weighted by molar-refractivity contribution is 6.14. The van der Waals surface area contributed by atoms with Crippen molar-refractivity contribution in [2.75, 3.05) is 5.32 Å². The summed E-state index contributed by atoms with van der Waals surface area (Å²) in [4.78, 5) is 23.6. The first-order valence-corrected chi connectivity index (χ1v) is 6.18. The maximum absolute atomic E-state index is 12.2. The Bertz CT molecular complexity index is 748. The number of hydrogen-bond acceptors (Lipinski definition) is 2. The van der Waals surface area contributed by atoms with Crippen molar-refractivity contribution in [2.45, 2.75) is 0 Å². The summed E-state index contributed by atoms with van der Waals surface area (Å²) in [7, 11) is 0. The average molecular weight is 264 g/mol. The number of carbonyl (C=O) groups is 2. The summed E-state index contributed by atoms with van der Waals surface area (Å²) in [5.41, 5.74) is 8.63. The number of benzene rings is 2. The van der Waals surface area contributed by atoms with Gasteiger partial charge >= 0.3 is 0 Å². The van der Waals surface area contributed by atoms with E-state index in [4.69, 9.17) is 5.73 Å². The minimum atomic E-state index is -0.543. The van der Waals surface area contributed by atoms with Crippen LogP contribution in [0.15, 0.2) is 54.6 Å². The molecular weight excluding hydrogens is 252 g/mol. The molecule has 1 aliphatic heterocycles. The molecule has 0 saturated carbocycles. The predicted octanol–water partition coefficient (Wildman–Crippen LogP) is 2.17. The number of primary amides is 1. The Labute approximate surface area is 115 Å². The molecule has 3 rings (SSSR count). The van der Waals surface area contributed by atoms with Crippen LogP contribution in [0.3, 0.4) is 0 Å². The third-order valence-electron chi connectivity index (χ3n) is 3.21. The second-order valence-electron chi connectivity index (χ2n) is 4.51. The van der Waals surface area contributed by atoms with Gasteiger partial charge in [0.15, 0.2) is 0 Å². The molecule has 2 aromatic rings. The van der Waals surface area contributed by atoms with Gasteiger partial charge in [-0.15, -0.1) is 0 Å². The summed E-state index contributed by atoms with van der Waals surface area (Å²) < 4.78 is 0. The zero-order valence-corrected chi connectivity index (χ0v) is 10.6. The van der Waals surface area contributed by atoms with Crippen molar-refractivity contribution in [3.8, 4) is 0 Å². The van der Waals surface area contributed by atoms with E-state index >= 15 is 0 Å². The topological polar surface area (TPSA) is 72.2 Å².